The van der Waals surface area contributed by atoms with E-state index in [0.29, 0.717) is 11.5 Å². The van der Waals surface area contributed by atoms with E-state index in [9.17, 15) is 4.79 Å². The van der Waals surface area contributed by atoms with Crippen LogP contribution in [0.1, 0.15) is 29.7 Å². The molecule has 23 heavy (non-hydrogen) atoms. The molecule has 2 aromatic rings. The molecule has 0 fully saturated rings. The average molecular weight is 313 g/mol. The van der Waals surface area contributed by atoms with Gasteiger partial charge in [-0.2, -0.15) is 0 Å². The molecule has 1 N–H and O–H groups in total. The molecule has 1 amide bonds. The molecule has 0 saturated heterocycles. The van der Waals surface area contributed by atoms with Crippen LogP contribution in [0.2, 0.25) is 0 Å². The highest BCUT2D eigenvalue weighted by Crippen LogP contribution is 2.19. The lowest BCUT2D eigenvalue weighted by Crippen LogP contribution is -2.31. The highest BCUT2D eigenvalue weighted by Gasteiger charge is 2.11. The zero-order chi connectivity index (χ0) is 16.8. The monoisotopic (exact) mass is 313 g/mol. The second kappa shape index (κ2) is 7.68. The molecule has 0 spiro atoms. The van der Waals surface area contributed by atoms with Crippen molar-refractivity contribution in [2.75, 3.05) is 13.7 Å². The normalized spacial score (nSPS) is 11.7. The molecule has 0 heterocycles. The minimum Gasteiger partial charge on any atom is -0.497 e. The quantitative estimate of drug-likeness (QED) is 0.887. The van der Waals surface area contributed by atoms with Crippen LogP contribution in [-0.2, 0) is 4.79 Å². The van der Waals surface area contributed by atoms with Crippen LogP contribution in [0.15, 0.2) is 42.5 Å². The van der Waals surface area contributed by atoms with Crippen molar-refractivity contribution in [3.8, 4) is 11.5 Å². The molecule has 0 aromatic heterocycles. The number of methoxy groups -OCH3 is 1. The van der Waals surface area contributed by atoms with Crippen LogP contribution in [0, 0.1) is 13.8 Å². The number of amides is 1. The Labute approximate surface area is 137 Å². The van der Waals surface area contributed by atoms with Crippen molar-refractivity contribution in [2.45, 2.75) is 26.8 Å². The summed E-state index contributed by atoms with van der Waals surface area (Å²) in [6.45, 7) is 6.08. The third-order valence-corrected chi connectivity index (χ3v) is 3.82. The van der Waals surface area contributed by atoms with E-state index in [4.69, 9.17) is 9.47 Å². The molecule has 2 rings (SSSR count). The standard InChI is InChI=1S/C19H23NO3/c1-13-8-9-16(10-14(13)2)15(3)20-19(21)12-23-18-7-5-6-17(11-18)22-4/h5-11,15H,12H2,1-4H3,(H,20,21)/t15-/m0/s1. The molecule has 0 unspecified atom stereocenters. The largest absolute Gasteiger partial charge is 0.497 e. The minimum absolute atomic E-state index is 0.0254. The lowest BCUT2D eigenvalue weighted by molar-refractivity contribution is -0.123. The molecular weight excluding hydrogens is 290 g/mol. The predicted molar refractivity (Wildman–Crippen MR) is 91.0 cm³/mol. The maximum atomic E-state index is 12.0. The van der Waals surface area contributed by atoms with E-state index in [1.807, 2.05) is 25.1 Å². The minimum atomic E-state index is -0.154. The highest BCUT2D eigenvalue weighted by atomic mass is 16.5. The molecule has 0 radical (unpaired) electrons. The van der Waals surface area contributed by atoms with Crippen molar-refractivity contribution in [3.63, 3.8) is 0 Å². The van der Waals surface area contributed by atoms with Crippen LogP contribution in [-0.4, -0.2) is 19.6 Å². The lowest BCUT2D eigenvalue weighted by Gasteiger charge is -2.16. The summed E-state index contributed by atoms with van der Waals surface area (Å²) in [6, 6.07) is 13.3. The Morgan fingerprint density at radius 2 is 1.83 bits per heavy atom. The number of hydrogen-bond acceptors (Lipinski definition) is 3. The van der Waals surface area contributed by atoms with E-state index in [2.05, 4.69) is 31.3 Å². The van der Waals surface area contributed by atoms with E-state index < -0.39 is 0 Å². The molecule has 2 aromatic carbocycles. The van der Waals surface area contributed by atoms with Gasteiger partial charge in [0.2, 0.25) is 0 Å². The first-order valence-electron chi connectivity index (χ1n) is 7.63. The summed E-state index contributed by atoms with van der Waals surface area (Å²) in [5.41, 5.74) is 3.55. The van der Waals surface area contributed by atoms with Gasteiger partial charge >= 0.3 is 0 Å². The van der Waals surface area contributed by atoms with Crippen molar-refractivity contribution in [3.05, 3.63) is 59.2 Å². The Balaban J connectivity index is 1.89. The van der Waals surface area contributed by atoms with Crippen molar-refractivity contribution < 1.29 is 14.3 Å². The van der Waals surface area contributed by atoms with Crippen LogP contribution in [0.25, 0.3) is 0 Å². The third kappa shape index (κ3) is 4.74. The van der Waals surface area contributed by atoms with E-state index in [1.54, 1.807) is 19.2 Å². The van der Waals surface area contributed by atoms with E-state index in [0.717, 1.165) is 5.56 Å². The van der Waals surface area contributed by atoms with Gasteiger partial charge in [0.1, 0.15) is 11.5 Å². The summed E-state index contributed by atoms with van der Waals surface area (Å²) in [6.07, 6.45) is 0. The maximum absolute atomic E-state index is 12.0. The van der Waals surface area contributed by atoms with E-state index >= 15 is 0 Å². The summed E-state index contributed by atoms with van der Waals surface area (Å²) in [5.74, 6) is 1.16. The molecule has 0 bridgehead atoms. The van der Waals surface area contributed by atoms with Crippen molar-refractivity contribution in [2.24, 2.45) is 0 Å². The van der Waals surface area contributed by atoms with Gasteiger partial charge in [-0.25, -0.2) is 0 Å². The van der Waals surface area contributed by atoms with E-state index in [-0.39, 0.29) is 18.6 Å². The maximum Gasteiger partial charge on any atom is 0.258 e. The Morgan fingerprint density at radius 1 is 1.09 bits per heavy atom. The van der Waals surface area contributed by atoms with Crippen molar-refractivity contribution in [1.29, 1.82) is 0 Å². The van der Waals surface area contributed by atoms with Gasteiger partial charge in [0.15, 0.2) is 6.61 Å². The van der Waals surface area contributed by atoms with Crippen molar-refractivity contribution in [1.82, 2.24) is 5.32 Å². The Hall–Kier alpha value is -2.49. The first-order valence-corrected chi connectivity index (χ1v) is 7.63. The number of carbonyl (C=O) groups is 1. The number of carbonyl (C=O) groups excluding carboxylic acids is 1. The fourth-order valence-electron chi connectivity index (χ4n) is 2.24. The highest BCUT2D eigenvalue weighted by molar-refractivity contribution is 5.78. The fourth-order valence-corrected chi connectivity index (χ4v) is 2.24. The first kappa shape index (κ1) is 16.9. The van der Waals surface area contributed by atoms with Gasteiger partial charge in [0, 0.05) is 6.07 Å². The molecule has 1 atom stereocenters. The number of benzene rings is 2. The molecule has 0 saturated carbocycles. The first-order chi connectivity index (χ1) is 11.0. The molecule has 0 aliphatic heterocycles. The topological polar surface area (TPSA) is 47.6 Å². The average Bonchev–Trinajstić information content (AvgIpc) is 2.55. The van der Waals surface area contributed by atoms with Crippen LogP contribution < -0.4 is 14.8 Å². The smallest absolute Gasteiger partial charge is 0.258 e. The molecular formula is C19H23NO3. The van der Waals surface area contributed by atoms with E-state index in [1.165, 1.54) is 11.1 Å². The Kier molecular flexibility index (Phi) is 5.63. The van der Waals surface area contributed by atoms with Gasteiger partial charge < -0.3 is 14.8 Å². The predicted octanol–water partition coefficient (Wildman–Crippen LogP) is 3.57. The SMILES string of the molecule is COc1cccc(OCC(=O)N[C@@H](C)c2ccc(C)c(C)c2)c1. The van der Waals surface area contributed by atoms with Gasteiger partial charge in [0.05, 0.1) is 13.2 Å². The molecule has 4 nitrogen and oxygen atoms in total. The number of aryl methyl sites for hydroxylation is 2. The van der Waals surface area contributed by atoms with Gasteiger partial charge in [-0.05, 0) is 49.6 Å². The Morgan fingerprint density at radius 3 is 2.52 bits per heavy atom. The summed E-state index contributed by atoms with van der Waals surface area (Å²) in [7, 11) is 1.59. The molecule has 122 valence electrons. The van der Waals surface area contributed by atoms with Gasteiger partial charge in [-0.15, -0.1) is 0 Å². The van der Waals surface area contributed by atoms with Crippen LogP contribution >= 0.6 is 0 Å². The van der Waals surface area contributed by atoms with Gasteiger partial charge in [-0.1, -0.05) is 24.3 Å². The second-order valence-electron chi connectivity index (χ2n) is 5.60. The zero-order valence-electron chi connectivity index (χ0n) is 14.1. The summed E-state index contributed by atoms with van der Waals surface area (Å²) < 4.78 is 10.6. The zero-order valence-corrected chi connectivity index (χ0v) is 14.1. The summed E-state index contributed by atoms with van der Waals surface area (Å²) in [4.78, 5) is 12.0. The number of hydrogen-bond donors (Lipinski definition) is 1. The molecule has 0 aliphatic rings. The fraction of sp³-hybridized carbons (Fsp3) is 0.316. The van der Waals surface area contributed by atoms with Crippen molar-refractivity contribution >= 4 is 5.91 Å². The summed E-state index contributed by atoms with van der Waals surface area (Å²) >= 11 is 0. The Bertz CT molecular complexity index is 682. The molecule has 4 heteroatoms. The van der Waals surface area contributed by atoms with Crippen LogP contribution in [0.3, 0.4) is 0 Å². The van der Waals surface area contributed by atoms with Crippen LogP contribution in [0.5, 0.6) is 11.5 Å². The molecule has 0 aliphatic carbocycles. The van der Waals surface area contributed by atoms with Gasteiger partial charge in [-0.3, -0.25) is 4.79 Å². The number of ether oxygens (including phenoxy) is 2. The second-order valence-corrected chi connectivity index (χ2v) is 5.60. The third-order valence-electron chi connectivity index (χ3n) is 3.82. The van der Waals surface area contributed by atoms with Crippen LogP contribution in [0.4, 0.5) is 0 Å². The number of rotatable bonds is 6. The number of nitrogens with one attached hydrogen (secondary N) is 1. The lowest BCUT2D eigenvalue weighted by atomic mass is 10.0. The summed E-state index contributed by atoms with van der Waals surface area (Å²) in [5, 5.41) is 2.95. The van der Waals surface area contributed by atoms with Gasteiger partial charge in [0.25, 0.3) is 5.91 Å².